The van der Waals surface area contributed by atoms with Crippen molar-refractivity contribution in [2.75, 3.05) is 19.7 Å². The fourth-order valence-corrected chi connectivity index (χ4v) is 5.08. The van der Waals surface area contributed by atoms with Crippen LogP contribution >= 0.6 is 0 Å². The van der Waals surface area contributed by atoms with E-state index in [0.717, 1.165) is 43.6 Å². The highest BCUT2D eigenvalue weighted by atomic mass is 16.5. The maximum atomic E-state index is 6.03. The van der Waals surface area contributed by atoms with Gasteiger partial charge in [0.2, 0.25) is 0 Å². The lowest BCUT2D eigenvalue weighted by Gasteiger charge is -2.35. The second-order valence-electron chi connectivity index (χ2n) is 9.63. The van der Waals surface area contributed by atoms with Crippen LogP contribution in [0.25, 0.3) is 10.8 Å². The third kappa shape index (κ3) is 6.58. The summed E-state index contributed by atoms with van der Waals surface area (Å²) in [6.45, 7) is 9.07. The van der Waals surface area contributed by atoms with Gasteiger partial charge in [-0.05, 0) is 84.0 Å². The van der Waals surface area contributed by atoms with Gasteiger partial charge in [-0.1, -0.05) is 62.4 Å². The Morgan fingerprint density at radius 2 is 1.52 bits per heavy atom. The van der Waals surface area contributed by atoms with Gasteiger partial charge in [-0.3, -0.25) is 4.90 Å². The number of hydrogen-bond acceptors (Lipinski definition) is 2. The van der Waals surface area contributed by atoms with Crippen LogP contribution < -0.4 is 4.74 Å². The largest absolute Gasteiger partial charge is 0.494 e. The molecule has 2 atom stereocenters. The predicted molar refractivity (Wildman–Crippen MR) is 132 cm³/mol. The maximum Gasteiger partial charge on any atom is 0.119 e. The van der Waals surface area contributed by atoms with Crippen molar-refractivity contribution in [2.24, 2.45) is 11.8 Å². The Morgan fingerprint density at radius 1 is 0.774 bits per heavy atom. The molecule has 1 heterocycles. The van der Waals surface area contributed by atoms with Crippen LogP contribution in [-0.4, -0.2) is 24.6 Å². The Bertz CT molecular complexity index is 941. The van der Waals surface area contributed by atoms with Crippen molar-refractivity contribution in [1.29, 1.82) is 0 Å². The third-order valence-electron chi connectivity index (χ3n) is 6.45. The highest BCUT2D eigenvalue weighted by molar-refractivity contribution is 5.84. The molecule has 0 aliphatic carbocycles. The molecule has 0 spiro atoms. The van der Waals surface area contributed by atoms with Crippen LogP contribution in [0.3, 0.4) is 0 Å². The Morgan fingerprint density at radius 3 is 2.32 bits per heavy atom. The number of benzene rings is 3. The molecule has 0 N–H and O–H groups in total. The average molecular weight is 416 g/mol. The first-order valence-corrected chi connectivity index (χ1v) is 12.1. The Labute approximate surface area is 188 Å². The molecule has 2 unspecified atom stereocenters. The molecule has 3 aromatic carbocycles. The molecule has 2 nitrogen and oxygen atoms in total. The van der Waals surface area contributed by atoms with E-state index in [1.54, 1.807) is 0 Å². The minimum absolute atomic E-state index is 0.795. The SMILES string of the molecule is CC1CC(C)CN(Cc2ccc3cc(OCCCCCc4ccccc4)ccc3c2)C1. The summed E-state index contributed by atoms with van der Waals surface area (Å²) in [7, 11) is 0. The highest BCUT2D eigenvalue weighted by Gasteiger charge is 2.21. The monoisotopic (exact) mass is 415 g/mol. The van der Waals surface area contributed by atoms with Crippen molar-refractivity contribution < 1.29 is 4.74 Å². The number of aryl methyl sites for hydroxylation is 1. The predicted octanol–water partition coefficient (Wildman–Crippen LogP) is 7.11. The standard InChI is InChI=1S/C29H37NO/c1-23-17-24(2)21-30(20-23)22-26-12-13-28-19-29(15-14-27(28)18-26)31-16-8-4-7-11-25-9-5-3-6-10-25/h3,5-6,9-10,12-15,18-19,23-24H,4,7-8,11,16-17,20-22H2,1-2H3. The Hall–Kier alpha value is -2.32. The van der Waals surface area contributed by atoms with Crippen molar-refractivity contribution >= 4 is 10.8 Å². The number of hydrogen-bond donors (Lipinski definition) is 0. The zero-order valence-electron chi connectivity index (χ0n) is 19.2. The minimum Gasteiger partial charge on any atom is -0.494 e. The number of fused-ring (bicyclic) bond motifs is 1. The van der Waals surface area contributed by atoms with Gasteiger partial charge in [0.05, 0.1) is 6.61 Å². The zero-order chi connectivity index (χ0) is 21.5. The highest BCUT2D eigenvalue weighted by Crippen LogP contribution is 2.25. The summed E-state index contributed by atoms with van der Waals surface area (Å²) in [5.74, 6) is 2.60. The molecule has 0 saturated carbocycles. The molecule has 1 aliphatic heterocycles. The van der Waals surface area contributed by atoms with Gasteiger partial charge in [-0.15, -0.1) is 0 Å². The van der Waals surface area contributed by atoms with Crippen molar-refractivity contribution in [3.63, 3.8) is 0 Å². The smallest absolute Gasteiger partial charge is 0.119 e. The number of ether oxygens (including phenoxy) is 1. The summed E-state index contributed by atoms with van der Waals surface area (Å²) in [5.41, 5.74) is 2.85. The lowest BCUT2D eigenvalue weighted by molar-refractivity contribution is 0.134. The molecular formula is C29H37NO. The molecule has 31 heavy (non-hydrogen) atoms. The van der Waals surface area contributed by atoms with Crippen LogP contribution in [0.5, 0.6) is 5.75 Å². The second kappa shape index (κ2) is 10.8. The zero-order valence-corrected chi connectivity index (χ0v) is 19.2. The van der Waals surface area contributed by atoms with E-state index in [9.17, 15) is 0 Å². The van der Waals surface area contributed by atoms with Gasteiger partial charge in [0, 0.05) is 19.6 Å². The first kappa shape index (κ1) is 21.9. The van der Waals surface area contributed by atoms with Crippen LogP contribution in [0, 0.1) is 11.8 Å². The van der Waals surface area contributed by atoms with Crippen LogP contribution in [0.4, 0.5) is 0 Å². The van der Waals surface area contributed by atoms with Gasteiger partial charge in [0.1, 0.15) is 5.75 Å². The van der Waals surface area contributed by atoms with E-state index in [2.05, 4.69) is 85.5 Å². The number of rotatable bonds is 9. The molecule has 0 aromatic heterocycles. The van der Waals surface area contributed by atoms with E-state index in [1.807, 2.05) is 0 Å². The van der Waals surface area contributed by atoms with Gasteiger partial charge < -0.3 is 4.74 Å². The molecule has 1 saturated heterocycles. The lowest BCUT2D eigenvalue weighted by atomic mass is 9.91. The van der Waals surface area contributed by atoms with Gasteiger partial charge >= 0.3 is 0 Å². The van der Waals surface area contributed by atoms with Crippen molar-refractivity contribution in [3.8, 4) is 5.75 Å². The summed E-state index contributed by atoms with van der Waals surface area (Å²) in [6.07, 6.45) is 6.07. The quantitative estimate of drug-likeness (QED) is 0.345. The van der Waals surface area contributed by atoms with Crippen molar-refractivity contribution in [3.05, 3.63) is 77.9 Å². The topological polar surface area (TPSA) is 12.5 Å². The summed E-state index contributed by atoms with van der Waals surface area (Å²) in [6, 6.07) is 24.2. The molecule has 164 valence electrons. The number of piperidine rings is 1. The summed E-state index contributed by atoms with van der Waals surface area (Å²) >= 11 is 0. The summed E-state index contributed by atoms with van der Waals surface area (Å²) < 4.78 is 6.03. The number of nitrogens with zero attached hydrogens (tertiary/aromatic N) is 1. The van der Waals surface area contributed by atoms with Gasteiger partial charge in [-0.25, -0.2) is 0 Å². The fraction of sp³-hybridized carbons (Fsp3) is 0.448. The maximum absolute atomic E-state index is 6.03. The number of unbranched alkanes of at least 4 members (excludes halogenated alkanes) is 2. The van der Waals surface area contributed by atoms with E-state index in [4.69, 9.17) is 4.74 Å². The van der Waals surface area contributed by atoms with Gasteiger partial charge in [0.25, 0.3) is 0 Å². The van der Waals surface area contributed by atoms with E-state index >= 15 is 0 Å². The molecule has 0 amide bonds. The molecule has 0 radical (unpaired) electrons. The molecule has 1 aliphatic rings. The van der Waals surface area contributed by atoms with Gasteiger partial charge in [-0.2, -0.15) is 0 Å². The van der Waals surface area contributed by atoms with Crippen molar-refractivity contribution in [1.82, 2.24) is 4.90 Å². The molecule has 0 bridgehead atoms. The van der Waals surface area contributed by atoms with Gasteiger partial charge in [0.15, 0.2) is 0 Å². The Kier molecular flexibility index (Phi) is 7.64. The van der Waals surface area contributed by atoms with Crippen LogP contribution in [0.15, 0.2) is 66.7 Å². The van der Waals surface area contributed by atoms with Crippen LogP contribution in [0.1, 0.15) is 50.7 Å². The number of likely N-dealkylation sites (tertiary alicyclic amines) is 1. The summed E-state index contributed by atoms with van der Waals surface area (Å²) in [4.78, 5) is 2.62. The van der Waals surface area contributed by atoms with Crippen molar-refractivity contribution in [2.45, 2.75) is 52.5 Å². The minimum atomic E-state index is 0.795. The molecule has 1 fully saturated rings. The van der Waals surface area contributed by atoms with E-state index in [1.165, 1.54) is 54.3 Å². The van der Waals surface area contributed by atoms with E-state index < -0.39 is 0 Å². The molecule has 4 rings (SSSR count). The van der Waals surface area contributed by atoms with Crippen LogP contribution in [-0.2, 0) is 13.0 Å². The normalized spacial score (nSPS) is 19.5. The summed E-state index contributed by atoms with van der Waals surface area (Å²) in [5, 5.41) is 2.58. The first-order chi connectivity index (χ1) is 15.2. The third-order valence-corrected chi connectivity index (χ3v) is 6.45. The average Bonchev–Trinajstić information content (AvgIpc) is 2.76. The molecule has 2 heteroatoms. The second-order valence-corrected chi connectivity index (χ2v) is 9.63. The van der Waals surface area contributed by atoms with E-state index in [-0.39, 0.29) is 0 Å². The fourth-order valence-electron chi connectivity index (χ4n) is 5.08. The Balaban J connectivity index is 1.24. The molecule has 3 aromatic rings. The first-order valence-electron chi connectivity index (χ1n) is 12.1. The van der Waals surface area contributed by atoms with Crippen LogP contribution in [0.2, 0.25) is 0 Å². The lowest BCUT2D eigenvalue weighted by Crippen LogP contribution is -2.38. The van der Waals surface area contributed by atoms with E-state index in [0.29, 0.717) is 0 Å². The molecular weight excluding hydrogens is 378 g/mol.